The minimum atomic E-state index is -0.885. The van der Waals surface area contributed by atoms with Gasteiger partial charge in [0.05, 0.1) is 5.92 Å². The third kappa shape index (κ3) is 6.42. The normalized spacial score (nSPS) is 13.5. The molecule has 19 heavy (non-hydrogen) atoms. The molecule has 2 amide bonds. The van der Waals surface area contributed by atoms with Gasteiger partial charge >= 0.3 is 12.0 Å². The number of carboxylic acid groups (broad SMARTS) is 1. The first-order valence-electron chi connectivity index (χ1n) is 6.50. The van der Waals surface area contributed by atoms with Gasteiger partial charge in [-0.05, 0) is 33.9 Å². The average molecular weight is 273 g/mol. The van der Waals surface area contributed by atoms with Gasteiger partial charge in [0.25, 0.3) is 0 Å². The molecule has 0 radical (unpaired) electrons. The van der Waals surface area contributed by atoms with E-state index in [1.807, 2.05) is 46.7 Å². The van der Waals surface area contributed by atoms with Crippen molar-refractivity contribution in [3.05, 3.63) is 0 Å². The number of amides is 2. The van der Waals surface area contributed by atoms with Crippen molar-refractivity contribution in [2.75, 3.05) is 27.2 Å². The summed E-state index contributed by atoms with van der Waals surface area (Å²) in [5, 5.41) is 14.4. The van der Waals surface area contributed by atoms with Crippen molar-refractivity contribution in [2.24, 2.45) is 11.8 Å². The standard InChI is InChI=1S/C13H27N3O3/c1-9(2)10(11(17)18)7-14-12(19)15-8-13(3,4)16(5)6/h9-10H,7-8H2,1-6H3,(H,17,18)(H2,14,15,19). The van der Waals surface area contributed by atoms with Gasteiger partial charge in [0.2, 0.25) is 0 Å². The molecule has 0 aliphatic carbocycles. The molecule has 0 aromatic rings. The van der Waals surface area contributed by atoms with E-state index in [0.717, 1.165) is 0 Å². The molecule has 0 aliphatic rings. The Bertz CT molecular complexity index is 314. The van der Waals surface area contributed by atoms with E-state index in [0.29, 0.717) is 6.54 Å². The zero-order valence-corrected chi connectivity index (χ0v) is 12.8. The van der Waals surface area contributed by atoms with E-state index in [4.69, 9.17) is 5.11 Å². The first-order valence-corrected chi connectivity index (χ1v) is 6.50. The molecule has 1 unspecified atom stereocenters. The Labute approximate surface area is 115 Å². The molecule has 0 heterocycles. The molecule has 0 aliphatic heterocycles. The zero-order chi connectivity index (χ0) is 15.2. The van der Waals surface area contributed by atoms with Crippen LogP contribution in [0.2, 0.25) is 0 Å². The molecule has 0 fully saturated rings. The van der Waals surface area contributed by atoms with E-state index in [2.05, 4.69) is 10.6 Å². The highest BCUT2D eigenvalue weighted by Crippen LogP contribution is 2.10. The average Bonchev–Trinajstić information content (AvgIpc) is 2.25. The van der Waals surface area contributed by atoms with Gasteiger partial charge in [-0.15, -0.1) is 0 Å². The van der Waals surface area contributed by atoms with Crippen LogP contribution in [0.4, 0.5) is 4.79 Å². The van der Waals surface area contributed by atoms with Crippen LogP contribution < -0.4 is 10.6 Å². The van der Waals surface area contributed by atoms with Gasteiger partial charge in [-0.25, -0.2) is 4.79 Å². The number of nitrogens with zero attached hydrogens (tertiary/aromatic N) is 1. The largest absolute Gasteiger partial charge is 0.481 e. The summed E-state index contributed by atoms with van der Waals surface area (Å²) < 4.78 is 0. The molecule has 6 heteroatoms. The Morgan fingerprint density at radius 3 is 2.11 bits per heavy atom. The first kappa shape index (κ1) is 17.7. The second-order valence-electron chi connectivity index (χ2n) is 5.96. The summed E-state index contributed by atoms with van der Waals surface area (Å²) in [5.41, 5.74) is -0.151. The van der Waals surface area contributed by atoms with E-state index in [1.165, 1.54) is 0 Å². The maximum atomic E-state index is 11.6. The highest BCUT2D eigenvalue weighted by atomic mass is 16.4. The van der Waals surface area contributed by atoms with Crippen LogP contribution in [0.25, 0.3) is 0 Å². The Morgan fingerprint density at radius 1 is 1.21 bits per heavy atom. The molecule has 0 bridgehead atoms. The molecule has 0 aromatic heterocycles. The lowest BCUT2D eigenvalue weighted by Gasteiger charge is -2.32. The van der Waals surface area contributed by atoms with Gasteiger partial charge in [0.1, 0.15) is 0 Å². The Kier molecular flexibility index (Phi) is 6.83. The SMILES string of the molecule is CC(C)C(CNC(=O)NCC(C)(C)N(C)C)C(=O)O. The molecule has 0 aromatic carbocycles. The van der Waals surface area contributed by atoms with Crippen LogP contribution in [0.3, 0.4) is 0 Å². The molecule has 0 saturated carbocycles. The quantitative estimate of drug-likeness (QED) is 0.646. The van der Waals surface area contributed by atoms with Crippen molar-refractivity contribution in [3.8, 4) is 0 Å². The summed E-state index contributed by atoms with van der Waals surface area (Å²) in [6.45, 7) is 8.32. The van der Waals surface area contributed by atoms with Gasteiger partial charge in [0.15, 0.2) is 0 Å². The van der Waals surface area contributed by atoms with E-state index in [-0.39, 0.29) is 24.0 Å². The molecule has 6 nitrogen and oxygen atoms in total. The number of carbonyl (C=O) groups is 2. The summed E-state index contributed by atoms with van der Waals surface area (Å²) in [6.07, 6.45) is 0. The smallest absolute Gasteiger partial charge is 0.314 e. The lowest BCUT2D eigenvalue weighted by Crippen LogP contribution is -2.51. The third-order valence-corrected chi connectivity index (χ3v) is 3.50. The second-order valence-corrected chi connectivity index (χ2v) is 5.96. The number of nitrogens with one attached hydrogen (secondary N) is 2. The molecule has 0 spiro atoms. The number of likely N-dealkylation sites (N-methyl/N-ethyl adjacent to an activating group) is 1. The van der Waals surface area contributed by atoms with Gasteiger partial charge in [0, 0.05) is 18.6 Å². The van der Waals surface area contributed by atoms with Crippen LogP contribution >= 0.6 is 0 Å². The van der Waals surface area contributed by atoms with Crippen molar-refractivity contribution >= 4 is 12.0 Å². The summed E-state index contributed by atoms with van der Waals surface area (Å²) in [4.78, 5) is 24.6. The third-order valence-electron chi connectivity index (χ3n) is 3.50. The lowest BCUT2D eigenvalue weighted by atomic mass is 9.96. The van der Waals surface area contributed by atoms with Gasteiger partial charge in [-0.3, -0.25) is 4.79 Å². The van der Waals surface area contributed by atoms with Crippen LogP contribution in [0, 0.1) is 11.8 Å². The maximum Gasteiger partial charge on any atom is 0.314 e. The number of hydrogen-bond donors (Lipinski definition) is 3. The molecule has 1 atom stereocenters. The highest BCUT2D eigenvalue weighted by Gasteiger charge is 2.23. The zero-order valence-electron chi connectivity index (χ0n) is 12.8. The van der Waals surface area contributed by atoms with Crippen molar-refractivity contribution in [3.63, 3.8) is 0 Å². The summed E-state index contributed by atoms with van der Waals surface area (Å²) >= 11 is 0. The monoisotopic (exact) mass is 273 g/mol. The Balaban J connectivity index is 4.16. The number of rotatable bonds is 7. The van der Waals surface area contributed by atoms with Crippen molar-refractivity contribution in [2.45, 2.75) is 33.2 Å². The molecular weight excluding hydrogens is 246 g/mol. The maximum absolute atomic E-state index is 11.6. The van der Waals surface area contributed by atoms with E-state index < -0.39 is 11.9 Å². The first-order chi connectivity index (χ1) is 8.58. The van der Waals surface area contributed by atoms with E-state index in [1.54, 1.807) is 0 Å². The molecule has 3 N–H and O–H groups in total. The Morgan fingerprint density at radius 2 is 1.74 bits per heavy atom. The minimum absolute atomic E-state index is 0.0176. The second kappa shape index (κ2) is 7.33. The summed E-state index contributed by atoms with van der Waals surface area (Å²) in [5.74, 6) is -1.47. The molecule has 0 rings (SSSR count). The fourth-order valence-corrected chi connectivity index (χ4v) is 1.33. The summed E-state index contributed by atoms with van der Waals surface area (Å²) in [6, 6.07) is -0.332. The topological polar surface area (TPSA) is 81.7 Å². The van der Waals surface area contributed by atoms with Crippen LogP contribution in [-0.2, 0) is 4.79 Å². The molecular formula is C13H27N3O3. The predicted octanol–water partition coefficient (Wildman–Crippen LogP) is 0.983. The van der Waals surface area contributed by atoms with Crippen LogP contribution in [-0.4, -0.2) is 54.7 Å². The van der Waals surface area contributed by atoms with Crippen molar-refractivity contribution < 1.29 is 14.7 Å². The van der Waals surface area contributed by atoms with E-state index >= 15 is 0 Å². The molecule has 112 valence electrons. The van der Waals surface area contributed by atoms with Crippen molar-refractivity contribution in [1.29, 1.82) is 0 Å². The van der Waals surface area contributed by atoms with Crippen LogP contribution in [0.15, 0.2) is 0 Å². The minimum Gasteiger partial charge on any atom is -0.481 e. The lowest BCUT2D eigenvalue weighted by molar-refractivity contribution is -0.142. The highest BCUT2D eigenvalue weighted by molar-refractivity contribution is 5.76. The van der Waals surface area contributed by atoms with Gasteiger partial charge in [-0.1, -0.05) is 13.8 Å². The molecule has 0 saturated heterocycles. The van der Waals surface area contributed by atoms with Crippen molar-refractivity contribution in [1.82, 2.24) is 15.5 Å². The Hall–Kier alpha value is -1.30. The number of urea groups is 1. The van der Waals surface area contributed by atoms with Crippen LogP contribution in [0.5, 0.6) is 0 Å². The predicted molar refractivity (Wildman–Crippen MR) is 75.1 cm³/mol. The number of aliphatic carboxylic acids is 1. The van der Waals surface area contributed by atoms with E-state index in [9.17, 15) is 9.59 Å². The number of hydrogen-bond acceptors (Lipinski definition) is 3. The fraction of sp³-hybridized carbons (Fsp3) is 0.846. The summed E-state index contributed by atoms with van der Waals surface area (Å²) in [7, 11) is 3.89. The van der Waals surface area contributed by atoms with Gasteiger partial charge in [-0.2, -0.15) is 0 Å². The number of carboxylic acids is 1. The fourth-order valence-electron chi connectivity index (χ4n) is 1.33. The van der Waals surface area contributed by atoms with Gasteiger partial charge < -0.3 is 20.6 Å². The van der Waals surface area contributed by atoms with Crippen LogP contribution in [0.1, 0.15) is 27.7 Å². The number of carbonyl (C=O) groups excluding carboxylic acids is 1.